The van der Waals surface area contributed by atoms with Crippen molar-refractivity contribution in [2.45, 2.75) is 39.2 Å². The van der Waals surface area contributed by atoms with E-state index in [1.54, 1.807) is 0 Å². The van der Waals surface area contributed by atoms with Crippen LogP contribution in [0.4, 0.5) is 11.6 Å². The number of aryl methyl sites for hydroxylation is 1. The van der Waals surface area contributed by atoms with Crippen LogP contribution in [0.1, 0.15) is 32.5 Å². The van der Waals surface area contributed by atoms with Gasteiger partial charge in [-0.3, -0.25) is 4.90 Å². The first-order valence-electron chi connectivity index (χ1n) is 7.22. The Morgan fingerprint density at radius 2 is 2.11 bits per heavy atom. The van der Waals surface area contributed by atoms with Crippen molar-refractivity contribution in [3.63, 3.8) is 0 Å². The van der Waals surface area contributed by atoms with Crippen LogP contribution >= 0.6 is 0 Å². The third-order valence-corrected chi connectivity index (χ3v) is 3.82. The molecule has 2 rings (SSSR count). The highest BCUT2D eigenvalue weighted by atomic mass is 15.3. The maximum Gasteiger partial charge on any atom is 0.134 e. The Balaban J connectivity index is 2.17. The summed E-state index contributed by atoms with van der Waals surface area (Å²) in [5.74, 6) is 2.44. The van der Waals surface area contributed by atoms with Gasteiger partial charge in [-0.25, -0.2) is 9.97 Å². The molecule has 0 aliphatic carbocycles. The van der Waals surface area contributed by atoms with Gasteiger partial charge in [0.05, 0.1) is 0 Å². The number of hydrogen-bond donors (Lipinski definition) is 1. The van der Waals surface area contributed by atoms with Gasteiger partial charge in [0.15, 0.2) is 0 Å². The normalized spacial score (nSPS) is 20.8. The highest BCUT2D eigenvalue weighted by Gasteiger charge is 2.24. The second kappa shape index (κ2) is 6.19. The SMILES string of the molecule is CCCc1nc(N)cc(N2CCN(C)C(CC)C2)n1. The summed E-state index contributed by atoms with van der Waals surface area (Å²) in [6, 6.07) is 2.50. The molecule has 1 aromatic rings. The van der Waals surface area contributed by atoms with Crippen LogP contribution in [0.3, 0.4) is 0 Å². The van der Waals surface area contributed by atoms with E-state index in [1.807, 2.05) is 6.07 Å². The molecule has 0 spiro atoms. The molecule has 106 valence electrons. The molecule has 19 heavy (non-hydrogen) atoms. The van der Waals surface area contributed by atoms with E-state index in [1.165, 1.54) is 0 Å². The number of likely N-dealkylation sites (N-methyl/N-ethyl adjacent to an activating group) is 1. The van der Waals surface area contributed by atoms with Crippen LogP contribution in [0, 0.1) is 0 Å². The van der Waals surface area contributed by atoms with E-state index in [0.29, 0.717) is 11.9 Å². The quantitative estimate of drug-likeness (QED) is 0.893. The van der Waals surface area contributed by atoms with Gasteiger partial charge in [0.2, 0.25) is 0 Å². The zero-order valence-electron chi connectivity index (χ0n) is 12.3. The largest absolute Gasteiger partial charge is 0.384 e. The molecule has 1 fully saturated rings. The van der Waals surface area contributed by atoms with Crippen molar-refractivity contribution in [2.75, 3.05) is 37.3 Å². The van der Waals surface area contributed by atoms with Gasteiger partial charge in [-0.05, 0) is 19.9 Å². The van der Waals surface area contributed by atoms with E-state index in [9.17, 15) is 0 Å². The molecule has 2 heterocycles. The maximum absolute atomic E-state index is 5.90. The number of nitrogen functional groups attached to an aromatic ring is 1. The molecule has 5 heteroatoms. The van der Waals surface area contributed by atoms with E-state index < -0.39 is 0 Å². The van der Waals surface area contributed by atoms with Gasteiger partial charge in [0.1, 0.15) is 17.5 Å². The van der Waals surface area contributed by atoms with E-state index in [2.05, 4.69) is 40.7 Å². The Morgan fingerprint density at radius 3 is 2.79 bits per heavy atom. The smallest absolute Gasteiger partial charge is 0.134 e. The van der Waals surface area contributed by atoms with E-state index in [-0.39, 0.29) is 0 Å². The fourth-order valence-corrected chi connectivity index (χ4v) is 2.60. The monoisotopic (exact) mass is 263 g/mol. The summed E-state index contributed by atoms with van der Waals surface area (Å²) in [6.07, 6.45) is 3.10. The second-order valence-corrected chi connectivity index (χ2v) is 5.31. The topological polar surface area (TPSA) is 58.3 Å². The van der Waals surface area contributed by atoms with Crippen LogP contribution in [0.5, 0.6) is 0 Å². The summed E-state index contributed by atoms with van der Waals surface area (Å²) < 4.78 is 0. The fraction of sp³-hybridized carbons (Fsp3) is 0.714. The summed E-state index contributed by atoms with van der Waals surface area (Å²) in [5.41, 5.74) is 5.90. The third kappa shape index (κ3) is 3.35. The minimum absolute atomic E-state index is 0.584. The Morgan fingerprint density at radius 1 is 1.32 bits per heavy atom. The fourth-order valence-electron chi connectivity index (χ4n) is 2.60. The predicted octanol–water partition coefficient (Wildman–Crippen LogP) is 1.54. The number of anilines is 2. The minimum Gasteiger partial charge on any atom is -0.384 e. The third-order valence-electron chi connectivity index (χ3n) is 3.82. The van der Waals surface area contributed by atoms with Gasteiger partial charge >= 0.3 is 0 Å². The molecule has 2 N–H and O–H groups in total. The molecule has 1 aromatic heterocycles. The van der Waals surface area contributed by atoms with Crippen molar-refractivity contribution in [1.29, 1.82) is 0 Å². The van der Waals surface area contributed by atoms with Crippen LogP contribution in [0.2, 0.25) is 0 Å². The number of nitrogens with two attached hydrogens (primary N) is 1. The van der Waals surface area contributed by atoms with Gasteiger partial charge in [-0.15, -0.1) is 0 Å². The van der Waals surface area contributed by atoms with Crippen molar-refractivity contribution >= 4 is 11.6 Å². The van der Waals surface area contributed by atoms with Crippen LogP contribution in [0.15, 0.2) is 6.07 Å². The standard InChI is InChI=1S/C14H25N5/c1-4-6-13-16-12(15)9-14(17-13)19-8-7-18(3)11(5-2)10-19/h9,11H,4-8,10H2,1-3H3,(H2,15,16,17). The van der Waals surface area contributed by atoms with Gasteiger partial charge in [-0.2, -0.15) is 0 Å². The van der Waals surface area contributed by atoms with Gasteiger partial charge < -0.3 is 10.6 Å². The molecule has 1 saturated heterocycles. The van der Waals surface area contributed by atoms with E-state index >= 15 is 0 Å². The molecule has 5 nitrogen and oxygen atoms in total. The molecular formula is C14H25N5. The molecule has 1 aliphatic heterocycles. The van der Waals surface area contributed by atoms with Crippen LogP contribution in [-0.4, -0.2) is 47.6 Å². The van der Waals surface area contributed by atoms with Crippen LogP contribution < -0.4 is 10.6 Å². The lowest BCUT2D eigenvalue weighted by molar-refractivity contribution is 0.213. The van der Waals surface area contributed by atoms with Crippen molar-refractivity contribution in [1.82, 2.24) is 14.9 Å². The summed E-state index contributed by atoms with van der Waals surface area (Å²) in [7, 11) is 2.20. The van der Waals surface area contributed by atoms with Crippen molar-refractivity contribution in [3.8, 4) is 0 Å². The van der Waals surface area contributed by atoms with Gasteiger partial charge in [0.25, 0.3) is 0 Å². The number of rotatable bonds is 4. The molecule has 0 amide bonds. The number of piperazine rings is 1. The zero-order chi connectivity index (χ0) is 13.8. The van der Waals surface area contributed by atoms with Crippen molar-refractivity contribution in [2.24, 2.45) is 0 Å². The summed E-state index contributed by atoms with van der Waals surface area (Å²) in [6.45, 7) is 7.48. The number of nitrogens with zero attached hydrogens (tertiary/aromatic N) is 4. The van der Waals surface area contributed by atoms with E-state index in [4.69, 9.17) is 5.73 Å². The van der Waals surface area contributed by atoms with Crippen LogP contribution in [0.25, 0.3) is 0 Å². The number of aromatic nitrogens is 2. The lowest BCUT2D eigenvalue weighted by Crippen LogP contribution is -2.51. The molecule has 0 bridgehead atoms. The van der Waals surface area contributed by atoms with E-state index in [0.717, 1.165) is 50.5 Å². The lowest BCUT2D eigenvalue weighted by Gasteiger charge is -2.39. The zero-order valence-corrected chi connectivity index (χ0v) is 12.3. The molecular weight excluding hydrogens is 238 g/mol. The highest BCUT2D eigenvalue weighted by Crippen LogP contribution is 2.19. The highest BCUT2D eigenvalue weighted by molar-refractivity contribution is 5.47. The Hall–Kier alpha value is -1.36. The number of hydrogen-bond acceptors (Lipinski definition) is 5. The summed E-state index contributed by atoms with van der Waals surface area (Å²) >= 11 is 0. The first kappa shape index (κ1) is 14.1. The van der Waals surface area contributed by atoms with Gasteiger partial charge in [0, 0.05) is 38.2 Å². The van der Waals surface area contributed by atoms with Crippen LogP contribution in [-0.2, 0) is 6.42 Å². The second-order valence-electron chi connectivity index (χ2n) is 5.31. The molecule has 1 aliphatic rings. The molecule has 0 saturated carbocycles. The Bertz CT molecular complexity index is 420. The molecule has 0 aromatic carbocycles. The predicted molar refractivity (Wildman–Crippen MR) is 79.4 cm³/mol. The van der Waals surface area contributed by atoms with Gasteiger partial charge in [-0.1, -0.05) is 13.8 Å². The van der Waals surface area contributed by atoms with Crippen molar-refractivity contribution in [3.05, 3.63) is 11.9 Å². The molecule has 1 unspecified atom stereocenters. The molecule has 0 radical (unpaired) electrons. The van der Waals surface area contributed by atoms with Crippen molar-refractivity contribution < 1.29 is 0 Å². The Kier molecular flexibility index (Phi) is 4.58. The first-order chi connectivity index (χ1) is 9.13. The molecule has 1 atom stereocenters. The maximum atomic E-state index is 5.90. The average Bonchev–Trinajstić information content (AvgIpc) is 2.39. The summed E-state index contributed by atoms with van der Waals surface area (Å²) in [4.78, 5) is 13.7. The minimum atomic E-state index is 0.584. The summed E-state index contributed by atoms with van der Waals surface area (Å²) in [5, 5.41) is 0. The first-order valence-corrected chi connectivity index (χ1v) is 7.22. The Labute approximate surface area is 115 Å². The lowest BCUT2D eigenvalue weighted by atomic mass is 10.1. The average molecular weight is 263 g/mol.